The van der Waals surface area contributed by atoms with Crippen LogP contribution in [0.4, 0.5) is 5.69 Å². The minimum Gasteiger partial charge on any atom is -0.478 e. The second kappa shape index (κ2) is 6.20. The summed E-state index contributed by atoms with van der Waals surface area (Å²) in [6.07, 6.45) is 0.663. The quantitative estimate of drug-likeness (QED) is 0.755. The predicted octanol–water partition coefficient (Wildman–Crippen LogP) is 2.97. The summed E-state index contributed by atoms with van der Waals surface area (Å²) in [5, 5.41) is 21.3. The number of carbonyl (C=O) groups is 1. The van der Waals surface area contributed by atoms with Gasteiger partial charge in [0, 0.05) is 23.3 Å². The Balaban J connectivity index is 2.85. The van der Waals surface area contributed by atoms with Gasteiger partial charge in [-0.15, -0.1) is 0 Å². The molecule has 0 aliphatic rings. The first-order chi connectivity index (χ1) is 8.37. The molecule has 0 atom stereocenters. The van der Waals surface area contributed by atoms with Crippen LogP contribution in [0.15, 0.2) is 22.7 Å². The number of benzene rings is 1. The maximum absolute atomic E-state index is 11.2. The lowest BCUT2D eigenvalue weighted by Crippen LogP contribution is -2.25. The fourth-order valence-electron chi connectivity index (χ4n) is 1.61. The minimum absolute atomic E-state index is 0.0904. The highest BCUT2D eigenvalue weighted by atomic mass is 79.9. The molecular weight excluding hydrogens is 298 g/mol. The summed E-state index contributed by atoms with van der Waals surface area (Å²) in [5.74, 6) is -0.968. The lowest BCUT2D eigenvalue weighted by Gasteiger charge is -2.25. The predicted molar refractivity (Wildman–Crippen MR) is 75.1 cm³/mol. The number of halogens is 1. The molecule has 0 radical (unpaired) electrons. The lowest BCUT2D eigenvalue weighted by atomic mass is 9.89. The third-order valence-corrected chi connectivity index (χ3v) is 3.43. The first kappa shape index (κ1) is 15.0. The van der Waals surface area contributed by atoms with Crippen molar-refractivity contribution < 1.29 is 15.0 Å². The van der Waals surface area contributed by atoms with Crippen LogP contribution in [0.3, 0.4) is 0 Å². The Kier molecular flexibility index (Phi) is 5.16. The SMILES string of the molecule is CC(C)(CCO)CNc1cccc(Br)c1C(=O)O. The van der Waals surface area contributed by atoms with Crippen molar-refractivity contribution in [2.24, 2.45) is 5.41 Å². The van der Waals surface area contributed by atoms with E-state index in [2.05, 4.69) is 21.2 Å². The van der Waals surface area contributed by atoms with Crippen LogP contribution >= 0.6 is 15.9 Å². The molecule has 1 aromatic rings. The van der Waals surface area contributed by atoms with Crippen molar-refractivity contribution in [2.75, 3.05) is 18.5 Å². The Hall–Kier alpha value is -1.07. The zero-order valence-corrected chi connectivity index (χ0v) is 12.1. The molecule has 0 unspecified atom stereocenters. The number of hydrogen-bond acceptors (Lipinski definition) is 3. The molecule has 5 heteroatoms. The lowest BCUT2D eigenvalue weighted by molar-refractivity contribution is 0.0697. The molecule has 0 aliphatic heterocycles. The Morgan fingerprint density at radius 2 is 2.11 bits per heavy atom. The smallest absolute Gasteiger partial charge is 0.338 e. The zero-order valence-electron chi connectivity index (χ0n) is 10.5. The van der Waals surface area contributed by atoms with E-state index in [1.807, 2.05) is 13.8 Å². The molecule has 0 aromatic heterocycles. The second-order valence-corrected chi connectivity index (χ2v) is 5.81. The van der Waals surface area contributed by atoms with Crippen LogP contribution in [-0.4, -0.2) is 29.3 Å². The van der Waals surface area contributed by atoms with Gasteiger partial charge in [-0.25, -0.2) is 4.79 Å². The number of aromatic carboxylic acids is 1. The van der Waals surface area contributed by atoms with Crippen molar-refractivity contribution in [3.05, 3.63) is 28.2 Å². The molecule has 1 rings (SSSR count). The number of carboxylic acids is 1. The first-order valence-corrected chi connectivity index (χ1v) is 6.53. The van der Waals surface area contributed by atoms with Crippen LogP contribution in [-0.2, 0) is 0 Å². The van der Waals surface area contributed by atoms with Crippen molar-refractivity contribution in [1.29, 1.82) is 0 Å². The highest BCUT2D eigenvalue weighted by Crippen LogP contribution is 2.27. The standard InChI is InChI=1S/C13H18BrNO3/c1-13(2,6-7-16)8-15-10-5-3-4-9(14)11(10)12(17)18/h3-5,15-16H,6-8H2,1-2H3,(H,17,18). The third-order valence-electron chi connectivity index (χ3n) is 2.77. The summed E-state index contributed by atoms with van der Waals surface area (Å²) < 4.78 is 0.556. The molecule has 18 heavy (non-hydrogen) atoms. The van der Waals surface area contributed by atoms with Crippen molar-refractivity contribution in [3.8, 4) is 0 Å². The minimum atomic E-state index is -0.968. The highest BCUT2D eigenvalue weighted by molar-refractivity contribution is 9.10. The first-order valence-electron chi connectivity index (χ1n) is 5.74. The molecule has 0 amide bonds. The molecule has 0 fully saturated rings. The molecule has 3 N–H and O–H groups in total. The molecule has 0 saturated carbocycles. The van der Waals surface area contributed by atoms with Gasteiger partial charge < -0.3 is 15.5 Å². The summed E-state index contributed by atoms with van der Waals surface area (Å²) in [4.78, 5) is 11.2. The van der Waals surface area contributed by atoms with Gasteiger partial charge in [-0.05, 0) is 39.9 Å². The van der Waals surface area contributed by atoms with Gasteiger partial charge in [0.2, 0.25) is 0 Å². The van der Waals surface area contributed by atoms with Crippen molar-refractivity contribution in [1.82, 2.24) is 0 Å². The molecular formula is C13H18BrNO3. The number of hydrogen-bond donors (Lipinski definition) is 3. The number of carboxylic acid groups (broad SMARTS) is 1. The molecule has 4 nitrogen and oxygen atoms in total. The van der Waals surface area contributed by atoms with Gasteiger partial charge in [0.25, 0.3) is 0 Å². The van der Waals surface area contributed by atoms with Crippen molar-refractivity contribution >= 4 is 27.6 Å². The topological polar surface area (TPSA) is 69.6 Å². The van der Waals surface area contributed by atoms with E-state index in [-0.39, 0.29) is 17.6 Å². The normalized spacial score (nSPS) is 11.3. The Morgan fingerprint density at radius 3 is 2.67 bits per heavy atom. The van der Waals surface area contributed by atoms with Crippen molar-refractivity contribution in [2.45, 2.75) is 20.3 Å². The molecule has 100 valence electrons. The Labute approximate surface area is 115 Å². The maximum atomic E-state index is 11.2. The van der Waals surface area contributed by atoms with Crippen LogP contribution in [0.1, 0.15) is 30.6 Å². The Bertz CT molecular complexity index is 432. The Morgan fingerprint density at radius 1 is 1.44 bits per heavy atom. The second-order valence-electron chi connectivity index (χ2n) is 4.96. The average molecular weight is 316 g/mol. The van der Waals surface area contributed by atoms with Gasteiger partial charge in [-0.2, -0.15) is 0 Å². The number of aliphatic hydroxyl groups excluding tert-OH is 1. The van der Waals surface area contributed by atoms with Crippen LogP contribution in [0, 0.1) is 5.41 Å². The van der Waals surface area contributed by atoms with Gasteiger partial charge in [0.15, 0.2) is 0 Å². The van der Waals surface area contributed by atoms with E-state index in [4.69, 9.17) is 10.2 Å². The van der Waals surface area contributed by atoms with E-state index in [1.165, 1.54) is 0 Å². The molecule has 0 aliphatic carbocycles. The number of anilines is 1. The van der Waals surface area contributed by atoms with Gasteiger partial charge >= 0.3 is 5.97 Å². The summed E-state index contributed by atoms with van der Waals surface area (Å²) in [7, 11) is 0. The van der Waals surface area contributed by atoms with Crippen LogP contribution < -0.4 is 5.32 Å². The van der Waals surface area contributed by atoms with Gasteiger partial charge in [-0.3, -0.25) is 0 Å². The fourth-order valence-corrected chi connectivity index (χ4v) is 2.15. The maximum Gasteiger partial charge on any atom is 0.338 e. The van der Waals surface area contributed by atoms with E-state index in [0.717, 1.165) is 0 Å². The average Bonchev–Trinajstić information content (AvgIpc) is 2.26. The van der Waals surface area contributed by atoms with E-state index in [0.29, 0.717) is 23.1 Å². The van der Waals surface area contributed by atoms with E-state index >= 15 is 0 Å². The summed E-state index contributed by atoms with van der Waals surface area (Å²) in [6, 6.07) is 5.23. The summed E-state index contributed by atoms with van der Waals surface area (Å²) >= 11 is 3.24. The van der Waals surface area contributed by atoms with E-state index in [9.17, 15) is 4.79 Å². The summed E-state index contributed by atoms with van der Waals surface area (Å²) in [6.45, 7) is 4.77. The van der Waals surface area contributed by atoms with Crippen LogP contribution in [0.25, 0.3) is 0 Å². The van der Waals surface area contributed by atoms with Crippen LogP contribution in [0.2, 0.25) is 0 Å². The molecule has 0 spiro atoms. The third kappa shape index (κ3) is 3.99. The zero-order chi connectivity index (χ0) is 13.8. The van der Waals surface area contributed by atoms with Gasteiger partial charge in [-0.1, -0.05) is 19.9 Å². The monoisotopic (exact) mass is 315 g/mol. The van der Waals surface area contributed by atoms with Gasteiger partial charge in [0.1, 0.15) is 0 Å². The van der Waals surface area contributed by atoms with E-state index < -0.39 is 5.97 Å². The highest BCUT2D eigenvalue weighted by Gasteiger charge is 2.19. The summed E-state index contributed by atoms with van der Waals surface area (Å²) in [5.41, 5.74) is 0.729. The fraction of sp³-hybridized carbons (Fsp3) is 0.462. The number of nitrogens with one attached hydrogen (secondary N) is 1. The van der Waals surface area contributed by atoms with Gasteiger partial charge in [0.05, 0.1) is 5.56 Å². The molecule has 1 aromatic carbocycles. The molecule has 0 bridgehead atoms. The largest absolute Gasteiger partial charge is 0.478 e. The van der Waals surface area contributed by atoms with E-state index in [1.54, 1.807) is 18.2 Å². The van der Waals surface area contributed by atoms with Crippen molar-refractivity contribution in [3.63, 3.8) is 0 Å². The number of aliphatic hydroxyl groups is 1. The van der Waals surface area contributed by atoms with Crippen LogP contribution in [0.5, 0.6) is 0 Å². The molecule has 0 saturated heterocycles. The molecule has 0 heterocycles. The number of rotatable bonds is 6.